The number of amides is 1. The van der Waals surface area contributed by atoms with Gasteiger partial charge in [0.15, 0.2) is 0 Å². The Balaban J connectivity index is 1.80. The lowest BCUT2D eigenvalue weighted by molar-refractivity contribution is -0.141. The van der Waals surface area contributed by atoms with Crippen molar-refractivity contribution in [2.45, 2.75) is 46.6 Å². The maximum absolute atomic E-state index is 12.1. The second-order valence-electron chi connectivity index (χ2n) is 6.83. The van der Waals surface area contributed by atoms with E-state index in [0.29, 0.717) is 5.91 Å². The van der Waals surface area contributed by atoms with Crippen molar-refractivity contribution < 1.29 is 4.79 Å². The molecule has 17 heavy (non-hydrogen) atoms. The Labute approximate surface area is 105 Å². The average Bonchev–Trinajstić information content (AvgIpc) is 2.23. The summed E-state index contributed by atoms with van der Waals surface area (Å²) in [7, 11) is 0. The molecule has 0 aromatic heterocycles. The average molecular weight is 238 g/mol. The Morgan fingerprint density at radius 3 is 2.06 bits per heavy atom. The highest BCUT2D eigenvalue weighted by Gasteiger charge is 2.35. The summed E-state index contributed by atoms with van der Waals surface area (Å²) in [6.45, 7) is 12.8. The van der Waals surface area contributed by atoms with Gasteiger partial charge in [-0.3, -0.25) is 9.69 Å². The van der Waals surface area contributed by atoms with Gasteiger partial charge in [0.25, 0.3) is 0 Å². The van der Waals surface area contributed by atoms with E-state index in [2.05, 4.69) is 16.7 Å². The first-order valence-corrected chi connectivity index (χ1v) is 6.91. The maximum atomic E-state index is 12.1. The zero-order valence-electron chi connectivity index (χ0n) is 11.7. The Bertz CT molecular complexity index is 281. The van der Waals surface area contributed by atoms with Crippen LogP contribution >= 0.6 is 0 Å². The molecule has 2 aliphatic rings. The molecule has 0 atom stereocenters. The largest absolute Gasteiger partial charge is 0.342 e. The Morgan fingerprint density at radius 1 is 1.12 bits per heavy atom. The zero-order valence-corrected chi connectivity index (χ0v) is 11.7. The van der Waals surface area contributed by atoms with Gasteiger partial charge in [0, 0.05) is 37.6 Å². The normalized spacial score (nSPS) is 24.8. The van der Waals surface area contributed by atoms with Crippen LogP contribution in [-0.2, 0) is 4.79 Å². The molecule has 98 valence electrons. The van der Waals surface area contributed by atoms with E-state index in [1.54, 1.807) is 0 Å². The highest BCUT2D eigenvalue weighted by molar-refractivity contribution is 5.81. The molecular weight excluding hydrogens is 212 g/mol. The van der Waals surface area contributed by atoms with Gasteiger partial charge in [-0.1, -0.05) is 27.7 Å². The Morgan fingerprint density at radius 2 is 1.65 bits per heavy atom. The van der Waals surface area contributed by atoms with Crippen molar-refractivity contribution in [1.29, 1.82) is 0 Å². The molecule has 2 saturated heterocycles. The monoisotopic (exact) mass is 238 g/mol. The van der Waals surface area contributed by atoms with E-state index in [1.807, 2.05) is 20.8 Å². The van der Waals surface area contributed by atoms with E-state index in [4.69, 9.17) is 0 Å². The van der Waals surface area contributed by atoms with E-state index in [9.17, 15) is 4.79 Å². The summed E-state index contributed by atoms with van der Waals surface area (Å²) in [5.74, 6) is 1.19. The molecule has 0 aromatic rings. The highest BCUT2D eigenvalue weighted by atomic mass is 16.2. The van der Waals surface area contributed by atoms with E-state index in [1.165, 1.54) is 13.1 Å². The third-order valence-electron chi connectivity index (χ3n) is 4.00. The third-order valence-corrected chi connectivity index (χ3v) is 4.00. The minimum Gasteiger partial charge on any atom is -0.342 e. The van der Waals surface area contributed by atoms with Gasteiger partial charge in [-0.2, -0.15) is 0 Å². The number of hydrogen-bond acceptors (Lipinski definition) is 2. The lowest BCUT2D eigenvalue weighted by Crippen LogP contribution is -2.55. The molecule has 3 nitrogen and oxygen atoms in total. The molecule has 3 heteroatoms. The Kier molecular flexibility index (Phi) is 3.48. The summed E-state index contributed by atoms with van der Waals surface area (Å²) >= 11 is 0. The topological polar surface area (TPSA) is 23.6 Å². The molecule has 2 rings (SSSR count). The second kappa shape index (κ2) is 4.60. The van der Waals surface area contributed by atoms with Gasteiger partial charge in [-0.15, -0.1) is 0 Å². The van der Waals surface area contributed by atoms with Gasteiger partial charge >= 0.3 is 0 Å². The van der Waals surface area contributed by atoms with Crippen LogP contribution in [0.2, 0.25) is 0 Å². The smallest absolute Gasteiger partial charge is 0.227 e. The zero-order chi connectivity index (χ0) is 12.6. The third kappa shape index (κ3) is 2.82. The summed E-state index contributed by atoms with van der Waals surface area (Å²) in [5, 5.41) is 0. The van der Waals surface area contributed by atoms with Gasteiger partial charge in [-0.05, 0) is 18.8 Å². The highest BCUT2D eigenvalue weighted by Crippen LogP contribution is 2.26. The van der Waals surface area contributed by atoms with Crippen molar-refractivity contribution in [3.05, 3.63) is 0 Å². The van der Waals surface area contributed by atoms with E-state index >= 15 is 0 Å². The quantitative estimate of drug-likeness (QED) is 0.697. The standard InChI is InChI=1S/C14H26N2O/c1-11-9-16(10-11)12-5-7-15(8-6-12)13(17)14(2,3)4/h11-12H,5-10H2,1-4H3. The van der Waals surface area contributed by atoms with E-state index in [-0.39, 0.29) is 5.41 Å². The molecule has 0 aromatic carbocycles. The van der Waals surface area contributed by atoms with Crippen molar-refractivity contribution >= 4 is 5.91 Å². The van der Waals surface area contributed by atoms with E-state index < -0.39 is 0 Å². The molecule has 0 bridgehead atoms. The Hall–Kier alpha value is -0.570. The summed E-state index contributed by atoms with van der Waals surface area (Å²) < 4.78 is 0. The molecule has 2 fully saturated rings. The maximum Gasteiger partial charge on any atom is 0.227 e. The number of rotatable bonds is 1. The number of carbonyl (C=O) groups excluding carboxylic acids is 1. The minimum absolute atomic E-state index is 0.224. The van der Waals surface area contributed by atoms with Crippen LogP contribution in [0.1, 0.15) is 40.5 Å². The van der Waals surface area contributed by atoms with Crippen LogP contribution in [0.3, 0.4) is 0 Å². The van der Waals surface area contributed by atoms with Crippen LogP contribution in [0.5, 0.6) is 0 Å². The molecule has 0 aliphatic carbocycles. The lowest BCUT2D eigenvalue weighted by Gasteiger charge is -2.46. The van der Waals surface area contributed by atoms with E-state index in [0.717, 1.165) is 37.9 Å². The SMILES string of the molecule is CC1CN(C2CCN(C(=O)C(C)(C)C)CC2)C1. The molecule has 0 spiro atoms. The summed E-state index contributed by atoms with van der Waals surface area (Å²) in [5.41, 5.74) is -0.224. The number of likely N-dealkylation sites (tertiary alicyclic amines) is 2. The molecule has 0 radical (unpaired) electrons. The lowest BCUT2D eigenvalue weighted by atomic mass is 9.91. The van der Waals surface area contributed by atoms with Gasteiger partial charge in [0.2, 0.25) is 5.91 Å². The van der Waals surface area contributed by atoms with Crippen molar-refractivity contribution in [1.82, 2.24) is 9.80 Å². The van der Waals surface area contributed by atoms with Crippen LogP contribution in [0.25, 0.3) is 0 Å². The van der Waals surface area contributed by atoms with Crippen LogP contribution < -0.4 is 0 Å². The fraction of sp³-hybridized carbons (Fsp3) is 0.929. The molecule has 0 N–H and O–H groups in total. The van der Waals surface area contributed by atoms with Gasteiger partial charge in [-0.25, -0.2) is 0 Å². The molecule has 0 unspecified atom stereocenters. The fourth-order valence-corrected chi connectivity index (χ4v) is 2.95. The van der Waals surface area contributed by atoms with Crippen molar-refractivity contribution in [2.75, 3.05) is 26.2 Å². The van der Waals surface area contributed by atoms with Crippen LogP contribution in [0.15, 0.2) is 0 Å². The molecule has 2 heterocycles. The minimum atomic E-state index is -0.224. The number of nitrogens with zero attached hydrogens (tertiary/aromatic N) is 2. The van der Waals surface area contributed by atoms with Crippen molar-refractivity contribution in [2.24, 2.45) is 11.3 Å². The van der Waals surface area contributed by atoms with Crippen LogP contribution in [-0.4, -0.2) is 47.9 Å². The van der Waals surface area contributed by atoms with Gasteiger partial charge in [0.1, 0.15) is 0 Å². The van der Waals surface area contributed by atoms with Crippen molar-refractivity contribution in [3.8, 4) is 0 Å². The first-order chi connectivity index (χ1) is 7.88. The van der Waals surface area contributed by atoms with Gasteiger partial charge < -0.3 is 4.90 Å². The molecule has 2 aliphatic heterocycles. The van der Waals surface area contributed by atoms with Crippen LogP contribution in [0, 0.1) is 11.3 Å². The summed E-state index contributed by atoms with van der Waals surface area (Å²) in [6, 6.07) is 0.732. The first-order valence-electron chi connectivity index (χ1n) is 6.91. The number of hydrogen-bond donors (Lipinski definition) is 0. The molecule has 0 saturated carbocycles. The fourth-order valence-electron chi connectivity index (χ4n) is 2.95. The van der Waals surface area contributed by atoms with Crippen molar-refractivity contribution in [3.63, 3.8) is 0 Å². The molecular formula is C14H26N2O. The summed E-state index contributed by atoms with van der Waals surface area (Å²) in [4.78, 5) is 16.8. The molecule has 1 amide bonds. The predicted octanol–water partition coefficient (Wildman–Crippen LogP) is 1.98. The predicted molar refractivity (Wildman–Crippen MR) is 69.8 cm³/mol. The number of carbonyl (C=O) groups is 1. The summed E-state index contributed by atoms with van der Waals surface area (Å²) in [6.07, 6.45) is 2.32. The second-order valence-corrected chi connectivity index (χ2v) is 6.83. The van der Waals surface area contributed by atoms with Crippen LogP contribution in [0.4, 0.5) is 0 Å². The number of piperidine rings is 1. The van der Waals surface area contributed by atoms with Gasteiger partial charge in [0.05, 0.1) is 0 Å². The first kappa shape index (κ1) is 12.9.